The van der Waals surface area contributed by atoms with Crippen molar-refractivity contribution in [2.24, 2.45) is 5.92 Å². The summed E-state index contributed by atoms with van der Waals surface area (Å²) in [6.07, 6.45) is 1.09. The number of carbonyl (C=O) groups is 2. The lowest BCUT2D eigenvalue weighted by Crippen LogP contribution is -2.57. The summed E-state index contributed by atoms with van der Waals surface area (Å²) in [6, 6.07) is 14.8. The standard InChI is InChI=1S/C25H28BNO5/c1-23(2)24(3,4)32-26(31-23)18-11-9-17(10-12-18)25(13-16(14-25)15-28)27-21(29)19-7-5-6-8-20(19)22(27)30/h5-12,16,28H,13-15H2,1-4H3/t16-,25-. The van der Waals surface area contributed by atoms with Gasteiger partial charge in [0.25, 0.3) is 11.8 Å². The number of fused-ring (bicyclic) bond motifs is 1. The van der Waals surface area contributed by atoms with Gasteiger partial charge in [-0.15, -0.1) is 0 Å². The van der Waals surface area contributed by atoms with E-state index in [-0.39, 0.29) is 24.3 Å². The zero-order valence-corrected chi connectivity index (χ0v) is 18.9. The molecule has 0 radical (unpaired) electrons. The van der Waals surface area contributed by atoms with Crippen molar-refractivity contribution in [3.8, 4) is 0 Å². The molecule has 32 heavy (non-hydrogen) atoms. The third kappa shape index (κ3) is 2.91. The molecule has 2 amide bonds. The van der Waals surface area contributed by atoms with Crippen LogP contribution in [0.15, 0.2) is 48.5 Å². The van der Waals surface area contributed by atoms with E-state index in [1.807, 2.05) is 52.0 Å². The SMILES string of the molecule is CC1(C)OB(c2ccc([C@]3(N4C(=O)c5ccccc5C4=O)C[C@H](CO)C3)cc2)OC1(C)C. The highest BCUT2D eigenvalue weighted by Crippen LogP contribution is 2.52. The predicted octanol–water partition coefficient (Wildman–Crippen LogP) is 2.88. The number of imide groups is 1. The van der Waals surface area contributed by atoms with Gasteiger partial charge in [0.2, 0.25) is 0 Å². The van der Waals surface area contributed by atoms with Crippen LogP contribution in [-0.4, -0.2) is 46.7 Å². The molecule has 3 aliphatic rings. The van der Waals surface area contributed by atoms with Gasteiger partial charge >= 0.3 is 7.12 Å². The number of hydrogen-bond acceptors (Lipinski definition) is 5. The molecule has 2 fully saturated rings. The van der Waals surface area contributed by atoms with Crippen LogP contribution >= 0.6 is 0 Å². The summed E-state index contributed by atoms with van der Waals surface area (Å²) in [5.41, 5.74) is 1.05. The summed E-state index contributed by atoms with van der Waals surface area (Å²) in [5, 5.41) is 9.68. The number of nitrogens with zero attached hydrogens (tertiary/aromatic N) is 1. The molecule has 7 heteroatoms. The first-order valence-corrected chi connectivity index (χ1v) is 11.1. The van der Waals surface area contributed by atoms with Gasteiger partial charge in [0.05, 0.1) is 27.9 Å². The lowest BCUT2D eigenvalue weighted by Gasteiger charge is -2.52. The fourth-order valence-electron chi connectivity index (χ4n) is 5.08. The Hall–Kier alpha value is -2.48. The van der Waals surface area contributed by atoms with Crippen molar-refractivity contribution in [1.82, 2.24) is 4.90 Å². The molecular weight excluding hydrogens is 405 g/mol. The van der Waals surface area contributed by atoms with Crippen molar-refractivity contribution in [2.45, 2.75) is 57.3 Å². The second-order valence-corrected chi connectivity index (χ2v) is 10.2. The molecule has 6 nitrogen and oxygen atoms in total. The van der Waals surface area contributed by atoms with Crippen LogP contribution in [0.1, 0.15) is 66.8 Å². The number of benzene rings is 2. The minimum atomic E-state index is -0.755. The van der Waals surface area contributed by atoms with E-state index in [0.29, 0.717) is 24.0 Å². The molecular formula is C25H28BNO5. The molecule has 0 unspecified atom stereocenters. The summed E-state index contributed by atoms with van der Waals surface area (Å²) in [5.74, 6) is -0.476. The van der Waals surface area contributed by atoms with Crippen molar-refractivity contribution < 1.29 is 24.0 Å². The van der Waals surface area contributed by atoms with E-state index in [0.717, 1.165) is 11.0 Å². The Morgan fingerprint density at radius 3 is 1.88 bits per heavy atom. The zero-order chi connectivity index (χ0) is 22.9. The van der Waals surface area contributed by atoms with E-state index in [2.05, 4.69) is 0 Å². The smallest absolute Gasteiger partial charge is 0.399 e. The van der Waals surface area contributed by atoms with Gasteiger partial charge in [-0.3, -0.25) is 14.5 Å². The molecule has 2 heterocycles. The normalized spacial score (nSPS) is 28.1. The molecule has 2 aromatic carbocycles. The molecule has 1 N–H and O–H groups in total. The van der Waals surface area contributed by atoms with Crippen LogP contribution in [0, 0.1) is 5.92 Å². The molecule has 0 spiro atoms. The van der Waals surface area contributed by atoms with Crippen LogP contribution in [0.25, 0.3) is 0 Å². The fraction of sp³-hybridized carbons (Fsp3) is 0.440. The molecule has 0 aromatic heterocycles. The van der Waals surface area contributed by atoms with Gasteiger partial charge in [0.1, 0.15) is 0 Å². The maximum atomic E-state index is 13.2. The van der Waals surface area contributed by atoms with E-state index in [9.17, 15) is 14.7 Å². The van der Waals surface area contributed by atoms with E-state index < -0.39 is 23.9 Å². The second kappa shape index (κ2) is 7.01. The second-order valence-electron chi connectivity index (χ2n) is 10.2. The van der Waals surface area contributed by atoms with Gasteiger partial charge in [-0.25, -0.2) is 0 Å². The Labute approximate surface area is 188 Å². The molecule has 166 valence electrons. The third-order valence-corrected chi connectivity index (χ3v) is 7.71. The predicted molar refractivity (Wildman–Crippen MR) is 121 cm³/mol. The topological polar surface area (TPSA) is 76.1 Å². The first-order chi connectivity index (χ1) is 15.1. The van der Waals surface area contributed by atoms with Crippen LogP contribution < -0.4 is 5.46 Å². The average Bonchev–Trinajstić information content (AvgIpc) is 3.11. The molecule has 0 bridgehead atoms. The highest BCUT2D eigenvalue weighted by atomic mass is 16.7. The van der Waals surface area contributed by atoms with Crippen molar-refractivity contribution >= 4 is 24.4 Å². The highest BCUT2D eigenvalue weighted by molar-refractivity contribution is 6.62. The van der Waals surface area contributed by atoms with Crippen LogP contribution in [0.2, 0.25) is 0 Å². The minimum Gasteiger partial charge on any atom is -0.399 e. The highest BCUT2D eigenvalue weighted by Gasteiger charge is 2.57. The number of hydrogen-bond donors (Lipinski definition) is 1. The number of aliphatic hydroxyl groups is 1. The van der Waals surface area contributed by atoms with E-state index in [1.54, 1.807) is 24.3 Å². The lowest BCUT2D eigenvalue weighted by atomic mass is 9.63. The van der Waals surface area contributed by atoms with Gasteiger partial charge in [-0.1, -0.05) is 36.4 Å². The molecule has 0 atom stereocenters. The Bertz CT molecular complexity index is 1040. The third-order valence-electron chi connectivity index (χ3n) is 7.71. The zero-order valence-electron chi connectivity index (χ0n) is 18.9. The Morgan fingerprint density at radius 1 is 0.906 bits per heavy atom. The average molecular weight is 433 g/mol. The first kappa shape index (κ1) is 21.4. The van der Waals surface area contributed by atoms with Crippen molar-refractivity contribution in [2.75, 3.05) is 6.61 Å². The molecule has 1 aliphatic carbocycles. The van der Waals surface area contributed by atoms with Gasteiger partial charge < -0.3 is 14.4 Å². The van der Waals surface area contributed by atoms with Gasteiger partial charge in [0, 0.05) is 6.61 Å². The largest absolute Gasteiger partial charge is 0.494 e. The molecule has 1 saturated carbocycles. The Balaban J connectivity index is 1.48. The number of amides is 2. The maximum Gasteiger partial charge on any atom is 0.494 e. The van der Waals surface area contributed by atoms with Crippen molar-refractivity contribution in [1.29, 1.82) is 0 Å². The molecule has 5 rings (SSSR count). The number of rotatable bonds is 4. The Morgan fingerprint density at radius 2 is 1.41 bits per heavy atom. The molecule has 1 saturated heterocycles. The quantitative estimate of drug-likeness (QED) is 0.593. The van der Waals surface area contributed by atoms with E-state index >= 15 is 0 Å². The number of carbonyl (C=O) groups excluding carboxylic acids is 2. The van der Waals surface area contributed by atoms with Crippen molar-refractivity contribution in [3.63, 3.8) is 0 Å². The Kier molecular flexibility index (Phi) is 4.68. The summed E-state index contributed by atoms with van der Waals surface area (Å²) in [4.78, 5) is 27.9. The van der Waals surface area contributed by atoms with Crippen LogP contribution in [0.4, 0.5) is 0 Å². The summed E-state index contributed by atoms with van der Waals surface area (Å²) in [7, 11) is -0.476. The van der Waals surface area contributed by atoms with Crippen LogP contribution in [-0.2, 0) is 14.8 Å². The van der Waals surface area contributed by atoms with Gasteiger partial charge in [0.15, 0.2) is 0 Å². The van der Waals surface area contributed by atoms with Gasteiger partial charge in [-0.2, -0.15) is 0 Å². The van der Waals surface area contributed by atoms with Gasteiger partial charge in [-0.05, 0) is 69.6 Å². The first-order valence-electron chi connectivity index (χ1n) is 11.1. The minimum absolute atomic E-state index is 0.0386. The van der Waals surface area contributed by atoms with Crippen LogP contribution in [0.5, 0.6) is 0 Å². The molecule has 2 aromatic rings. The summed E-state index contributed by atoms with van der Waals surface area (Å²) >= 11 is 0. The monoisotopic (exact) mass is 433 g/mol. The fourth-order valence-corrected chi connectivity index (χ4v) is 5.08. The maximum absolute atomic E-state index is 13.2. The summed E-state index contributed by atoms with van der Waals surface area (Å²) < 4.78 is 12.3. The van der Waals surface area contributed by atoms with Crippen molar-refractivity contribution in [3.05, 3.63) is 65.2 Å². The van der Waals surface area contributed by atoms with E-state index in [1.165, 1.54) is 4.90 Å². The van der Waals surface area contributed by atoms with E-state index in [4.69, 9.17) is 9.31 Å². The lowest BCUT2D eigenvalue weighted by molar-refractivity contribution is -0.0217. The van der Waals surface area contributed by atoms with Crippen LogP contribution in [0.3, 0.4) is 0 Å². The summed E-state index contributed by atoms with van der Waals surface area (Å²) in [6.45, 7) is 8.10. The molecule has 2 aliphatic heterocycles. The number of aliphatic hydroxyl groups excluding tert-OH is 1.